The molecule has 1 aliphatic heterocycles. The van der Waals surface area contributed by atoms with Gasteiger partial charge in [-0.1, -0.05) is 59.6 Å². The first kappa shape index (κ1) is 27.8. The van der Waals surface area contributed by atoms with Gasteiger partial charge in [0.25, 0.3) is 0 Å². The molecule has 2 aliphatic rings. The Morgan fingerprint density at radius 3 is 2.31 bits per heavy atom. The van der Waals surface area contributed by atoms with Crippen molar-refractivity contribution in [3.63, 3.8) is 0 Å². The van der Waals surface area contributed by atoms with Crippen LogP contribution >= 0.6 is 23.2 Å². The number of urea groups is 1. The molecule has 1 saturated heterocycles. The highest BCUT2D eigenvalue weighted by atomic mass is 35.5. The molecular formula is C30H30Cl2F3N3O. The molecule has 1 heterocycles. The number of anilines is 1. The van der Waals surface area contributed by atoms with Crippen LogP contribution < -0.4 is 10.6 Å². The Morgan fingerprint density at radius 1 is 0.949 bits per heavy atom. The Hall–Kier alpha value is -2.74. The summed E-state index contributed by atoms with van der Waals surface area (Å²) in [6.07, 6.45) is -0.215. The lowest BCUT2D eigenvalue weighted by molar-refractivity contribution is -0.137. The average molecular weight is 576 g/mol. The van der Waals surface area contributed by atoms with Gasteiger partial charge in [0.1, 0.15) is 0 Å². The van der Waals surface area contributed by atoms with Gasteiger partial charge in [0, 0.05) is 23.5 Å². The van der Waals surface area contributed by atoms with Crippen molar-refractivity contribution in [2.24, 2.45) is 5.92 Å². The molecule has 39 heavy (non-hydrogen) atoms. The zero-order chi connectivity index (χ0) is 27.6. The van der Waals surface area contributed by atoms with Gasteiger partial charge in [-0.25, -0.2) is 4.79 Å². The number of alkyl halides is 3. The molecule has 0 bridgehead atoms. The van der Waals surface area contributed by atoms with E-state index in [1.807, 2.05) is 24.3 Å². The molecule has 0 spiro atoms. The molecule has 0 aromatic heterocycles. The SMILES string of the molecule is O=C(NCC1(c2ccc(-c3cccc(Cl)c3)cc2)CCN(CC2CC2)CC1)Nc1cc(C(F)(F)F)ccc1Cl. The first-order valence-electron chi connectivity index (χ1n) is 13.1. The number of carbonyl (C=O) groups excluding carboxylic acids is 1. The summed E-state index contributed by atoms with van der Waals surface area (Å²) in [4.78, 5) is 15.3. The van der Waals surface area contributed by atoms with Gasteiger partial charge < -0.3 is 15.5 Å². The van der Waals surface area contributed by atoms with E-state index in [-0.39, 0.29) is 16.1 Å². The van der Waals surface area contributed by atoms with Gasteiger partial charge in [-0.05, 0) is 91.7 Å². The van der Waals surface area contributed by atoms with Crippen LogP contribution in [0.4, 0.5) is 23.7 Å². The van der Waals surface area contributed by atoms with Crippen LogP contribution in [0.2, 0.25) is 10.0 Å². The summed E-state index contributed by atoms with van der Waals surface area (Å²) in [5.74, 6) is 0.801. The Balaban J connectivity index is 1.32. The van der Waals surface area contributed by atoms with Gasteiger partial charge in [0.2, 0.25) is 0 Å². The van der Waals surface area contributed by atoms with Crippen LogP contribution in [0.15, 0.2) is 66.7 Å². The Morgan fingerprint density at radius 2 is 1.67 bits per heavy atom. The summed E-state index contributed by atoms with van der Waals surface area (Å²) in [6, 6.07) is 18.3. The van der Waals surface area contributed by atoms with Gasteiger partial charge in [0.05, 0.1) is 16.3 Å². The second kappa shape index (κ2) is 11.4. The lowest BCUT2D eigenvalue weighted by atomic mass is 9.72. The summed E-state index contributed by atoms with van der Waals surface area (Å²) in [6.45, 7) is 3.32. The van der Waals surface area contributed by atoms with Gasteiger partial charge in [0.15, 0.2) is 0 Å². The van der Waals surface area contributed by atoms with Crippen LogP contribution in [0, 0.1) is 5.92 Å². The van der Waals surface area contributed by atoms with Crippen LogP contribution in [0.5, 0.6) is 0 Å². The zero-order valence-electron chi connectivity index (χ0n) is 21.3. The van der Waals surface area contributed by atoms with Crippen LogP contribution in [0.3, 0.4) is 0 Å². The van der Waals surface area contributed by atoms with E-state index >= 15 is 0 Å². The van der Waals surface area contributed by atoms with Crippen molar-refractivity contribution in [1.29, 1.82) is 0 Å². The summed E-state index contributed by atoms with van der Waals surface area (Å²) in [5.41, 5.74) is 1.94. The molecule has 4 nitrogen and oxygen atoms in total. The van der Waals surface area contributed by atoms with Crippen molar-refractivity contribution in [2.75, 3.05) is 31.5 Å². The fourth-order valence-electron chi connectivity index (χ4n) is 5.29. The number of hydrogen-bond donors (Lipinski definition) is 2. The summed E-state index contributed by atoms with van der Waals surface area (Å²) in [7, 11) is 0. The van der Waals surface area contributed by atoms with E-state index in [2.05, 4.69) is 39.8 Å². The van der Waals surface area contributed by atoms with Crippen molar-refractivity contribution in [2.45, 2.75) is 37.3 Å². The minimum absolute atomic E-state index is 0.0397. The number of benzene rings is 3. The molecule has 0 radical (unpaired) electrons. The Kier molecular flexibility index (Phi) is 8.13. The molecule has 9 heteroatoms. The van der Waals surface area contributed by atoms with Crippen molar-refractivity contribution in [1.82, 2.24) is 10.2 Å². The minimum atomic E-state index is -4.53. The highest BCUT2D eigenvalue weighted by Gasteiger charge is 2.38. The third-order valence-electron chi connectivity index (χ3n) is 7.81. The fraction of sp³-hybridized carbons (Fsp3) is 0.367. The van der Waals surface area contributed by atoms with Crippen LogP contribution in [-0.2, 0) is 11.6 Å². The van der Waals surface area contributed by atoms with Crippen LogP contribution in [0.25, 0.3) is 11.1 Å². The molecule has 1 aliphatic carbocycles. The maximum atomic E-state index is 13.2. The standard InChI is InChI=1S/C30H30Cl2F3N3O/c31-25-3-1-2-22(16-25)21-6-8-23(9-7-21)29(12-14-38(15-13-29)18-20-4-5-20)19-36-28(39)37-27-17-24(30(33,34)35)10-11-26(27)32/h1-3,6-11,16-17,20H,4-5,12-15,18-19H2,(H2,36,37,39). The van der Waals surface area contributed by atoms with Crippen molar-refractivity contribution < 1.29 is 18.0 Å². The molecule has 5 rings (SSSR count). The maximum absolute atomic E-state index is 13.2. The number of nitrogens with one attached hydrogen (secondary N) is 2. The first-order valence-corrected chi connectivity index (χ1v) is 13.9. The summed E-state index contributed by atoms with van der Waals surface area (Å²) < 4.78 is 39.5. The van der Waals surface area contributed by atoms with Gasteiger partial charge in [-0.2, -0.15) is 13.2 Å². The van der Waals surface area contributed by atoms with Crippen molar-refractivity contribution >= 4 is 34.9 Å². The predicted molar refractivity (Wildman–Crippen MR) is 150 cm³/mol. The quantitative estimate of drug-likeness (QED) is 0.298. The van der Waals surface area contributed by atoms with E-state index < -0.39 is 17.8 Å². The molecule has 206 valence electrons. The first-order chi connectivity index (χ1) is 18.6. The molecule has 3 aromatic carbocycles. The molecule has 2 amide bonds. The predicted octanol–water partition coefficient (Wildman–Crippen LogP) is 8.24. The average Bonchev–Trinajstić information content (AvgIpc) is 3.73. The lowest BCUT2D eigenvalue weighted by Crippen LogP contribution is -2.50. The number of amides is 2. The number of nitrogens with zero attached hydrogens (tertiary/aromatic N) is 1. The van der Waals surface area contributed by atoms with Crippen molar-refractivity contribution in [3.05, 3.63) is 87.9 Å². The maximum Gasteiger partial charge on any atom is 0.416 e. The summed E-state index contributed by atoms with van der Waals surface area (Å²) in [5, 5.41) is 6.14. The third-order valence-corrected chi connectivity index (χ3v) is 8.38. The largest absolute Gasteiger partial charge is 0.416 e. The van der Waals surface area contributed by atoms with E-state index in [0.717, 1.165) is 73.3 Å². The smallest absolute Gasteiger partial charge is 0.337 e. The number of rotatable bonds is 7. The molecule has 2 N–H and O–H groups in total. The Labute approximate surface area is 236 Å². The monoisotopic (exact) mass is 575 g/mol. The zero-order valence-corrected chi connectivity index (χ0v) is 22.8. The van der Waals surface area contributed by atoms with E-state index in [1.54, 1.807) is 0 Å². The molecule has 3 aromatic rings. The topological polar surface area (TPSA) is 44.4 Å². The summed E-state index contributed by atoms with van der Waals surface area (Å²) >= 11 is 12.3. The molecule has 2 fully saturated rings. The van der Waals surface area contributed by atoms with E-state index in [1.165, 1.54) is 12.8 Å². The Bertz CT molecular complexity index is 1320. The van der Waals surface area contributed by atoms with E-state index in [0.29, 0.717) is 11.6 Å². The lowest BCUT2D eigenvalue weighted by Gasteiger charge is -2.42. The van der Waals surface area contributed by atoms with E-state index in [4.69, 9.17) is 23.2 Å². The van der Waals surface area contributed by atoms with Crippen LogP contribution in [-0.4, -0.2) is 37.1 Å². The van der Waals surface area contributed by atoms with Crippen LogP contribution in [0.1, 0.15) is 36.8 Å². The second-order valence-electron chi connectivity index (χ2n) is 10.6. The molecule has 0 atom stereocenters. The fourth-order valence-corrected chi connectivity index (χ4v) is 5.65. The second-order valence-corrected chi connectivity index (χ2v) is 11.5. The number of likely N-dealkylation sites (tertiary alicyclic amines) is 1. The normalized spacial score (nSPS) is 17.6. The van der Waals surface area contributed by atoms with Gasteiger partial charge in [-0.3, -0.25) is 0 Å². The van der Waals surface area contributed by atoms with Crippen molar-refractivity contribution in [3.8, 4) is 11.1 Å². The van der Waals surface area contributed by atoms with E-state index in [9.17, 15) is 18.0 Å². The number of piperidine rings is 1. The van der Waals surface area contributed by atoms with Gasteiger partial charge >= 0.3 is 12.2 Å². The van der Waals surface area contributed by atoms with Gasteiger partial charge in [-0.15, -0.1) is 0 Å². The molecule has 0 unspecified atom stereocenters. The number of halogens is 5. The highest BCUT2D eigenvalue weighted by molar-refractivity contribution is 6.33. The third kappa shape index (κ3) is 6.89. The molecule has 1 saturated carbocycles. The number of carbonyl (C=O) groups is 1. The highest BCUT2D eigenvalue weighted by Crippen LogP contribution is 2.39. The molecular weight excluding hydrogens is 546 g/mol. The number of hydrogen-bond acceptors (Lipinski definition) is 2. The minimum Gasteiger partial charge on any atom is -0.337 e.